The molecule has 0 aromatic heterocycles. The summed E-state index contributed by atoms with van der Waals surface area (Å²) in [6.07, 6.45) is 9.04. The van der Waals surface area contributed by atoms with E-state index in [1.165, 1.54) is 43.4 Å². The van der Waals surface area contributed by atoms with Gasteiger partial charge in [0.2, 0.25) is 5.91 Å². The number of benzene rings is 1. The third-order valence-corrected chi connectivity index (χ3v) is 6.89. The van der Waals surface area contributed by atoms with Crippen molar-refractivity contribution in [2.24, 2.45) is 29.6 Å². The van der Waals surface area contributed by atoms with Crippen LogP contribution in [-0.4, -0.2) is 12.5 Å². The quantitative estimate of drug-likeness (QED) is 0.766. The third-order valence-electron chi connectivity index (χ3n) is 6.89. The van der Waals surface area contributed by atoms with E-state index in [1.807, 2.05) is 0 Å². The monoisotopic (exact) mass is 295 g/mol. The van der Waals surface area contributed by atoms with Crippen LogP contribution in [0.1, 0.15) is 44.1 Å². The molecule has 1 amide bonds. The second-order valence-corrected chi connectivity index (χ2v) is 8.18. The molecule has 22 heavy (non-hydrogen) atoms. The number of hydrogen-bond donors (Lipinski definition) is 0. The zero-order valence-electron chi connectivity index (χ0n) is 13.2. The fraction of sp³-hybridized carbons (Fsp3) is 0.650. The molecule has 1 aromatic carbocycles. The Balaban J connectivity index is 1.46. The van der Waals surface area contributed by atoms with Crippen LogP contribution in [0.3, 0.4) is 0 Å². The highest BCUT2D eigenvalue weighted by Crippen LogP contribution is 2.57. The van der Waals surface area contributed by atoms with Gasteiger partial charge in [0.1, 0.15) is 0 Å². The molecule has 2 nitrogen and oxygen atoms in total. The van der Waals surface area contributed by atoms with E-state index >= 15 is 0 Å². The van der Waals surface area contributed by atoms with Gasteiger partial charge >= 0.3 is 0 Å². The summed E-state index contributed by atoms with van der Waals surface area (Å²) in [6.45, 7) is 0.929. The number of aryl methyl sites for hydroxylation is 1. The predicted molar refractivity (Wildman–Crippen MR) is 87.7 cm³/mol. The van der Waals surface area contributed by atoms with E-state index in [-0.39, 0.29) is 0 Å². The maximum atomic E-state index is 13.4. The Bertz CT molecular complexity index is 579. The first kappa shape index (κ1) is 13.2. The number of rotatable bonds is 1. The minimum atomic E-state index is 0.332. The molecular formula is C20H25NO. The molecule has 1 heterocycles. The molecule has 0 radical (unpaired) electrons. The average Bonchev–Trinajstić information content (AvgIpc) is 2.53. The lowest BCUT2D eigenvalue weighted by Crippen LogP contribution is -2.52. The first-order valence-corrected chi connectivity index (χ1v) is 9.19. The van der Waals surface area contributed by atoms with E-state index in [1.54, 1.807) is 0 Å². The number of nitrogens with zero attached hydrogens (tertiary/aromatic N) is 1. The van der Waals surface area contributed by atoms with Gasteiger partial charge in [-0.2, -0.15) is 0 Å². The van der Waals surface area contributed by atoms with Gasteiger partial charge in [-0.3, -0.25) is 4.79 Å². The Kier molecular flexibility index (Phi) is 2.90. The van der Waals surface area contributed by atoms with Crippen LogP contribution in [0.2, 0.25) is 0 Å². The van der Waals surface area contributed by atoms with Crippen molar-refractivity contribution in [3.05, 3.63) is 29.8 Å². The van der Waals surface area contributed by atoms with E-state index in [9.17, 15) is 4.79 Å². The summed E-state index contributed by atoms with van der Waals surface area (Å²) >= 11 is 0. The first-order chi connectivity index (χ1) is 10.8. The molecule has 0 saturated heterocycles. The third kappa shape index (κ3) is 1.89. The highest BCUT2D eigenvalue weighted by atomic mass is 16.2. The summed E-state index contributed by atoms with van der Waals surface area (Å²) < 4.78 is 0. The van der Waals surface area contributed by atoms with Crippen LogP contribution in [-0.2, 0) is 11.2 Å². The summed E-state index contributed by atoms with van der Waals surface area (Å²) in [5.41, 5.74) is 2.57. The van der Waals surface area contributed by atoms with Crippen LogP contribution in [0.25, 0.3) is 0 Å². The standard InChI is InChI=1S/C20H25NO/c22-20(21-7-3-5-15-4-1-2-6-18(15)21)19-16-9-13-8-14(11-16)12-17(19)10-13/h1-2,4,6,13-14,16-17,19H,3,5,7-12H2. The van der Waals surface area contributed by atoms with Gasteiger partial charge in [0.15, 0.2) is 0 Å². The van der Waals surface area contributed by atoms with Crippen molar-refractivity contribution in [3.63, 3.8) is 0 Å². The van der Waals surface area contributed by atoms with E-state index in [0.717, 1.165) is 31.2 Å². The van der Waals surface area contributed by atoms with Gasteiger partial charge in [0.25, 0.3) is 0 Å². The van der Waals surface area contributed by atoms with Crippen molar-refractivity contribution in [2.75, 3.05) is 11.4 Å². The molecule has 0 unspecified atom stereocenters. The second kappa shape index (κ2) is 4.84. The van der Waals surface area contributed by atoms with Crippen molar-refractivity contribution in [1.29, 1.82) is 0 Å². The van der Waals surface area contributed by atoms with E-state index in [0.29, 0.717) is 23.7 Å². The van der Waals surface area contributed by atoms with E-state index in [4.69, 9.17) is 0 Å². The molecule has 2 heteroatoms. The zero-order valence-corrected chi connectivity index (χ0v) is 13.2. The number of amides is 1. The molecule has 0 N–H and O–H groups in total. The second-order valence-electron chi connectivity index (χ2n) is 8.18. The fourth-order valence-electron chi connectivity index (χ4n) is 6.27. The van der Waals surface area contributed by atoms with Crippen LogP contribution < -0.4 is 4.90 Å². The van der Waals surface area contributed by atoms with Crippen LogP contribution in [0.4, 0.5) is 5.69 Å². The van der Waals surface area contributed by atoms with Gasteiger partial charge in [-0.05, 0) is 80.2 Å². The summed E-state index contributed by atoms with van der Waals surface area (Å²) in [7, 11) is 0. The molecule has 4 fully saturated rings. The van der Waals surface area contributed by atoms with Gasteiger partial charge in [0, 0.05) is 18.2 Å². The van der Waals surface area contributed by atoms with Crippen molar-refractivity contribution < 1.29 is 4.79 Å². The number of hydrogen-bond acceptors (Lipinski definition) is 1. The van der Waals surface area contributed by atoms with Crippen LogP contribution >= 0.6 is 0 Å². The molecule has 4 bridgehead atoms. The Morgan fingerprint density at radius 3 is 2.36 bits per heavy atom. The van der Waals surface area contributed by atoms with Crippen molar-refractivity contribution in [1.82, 2.24) is 0 Å². The molecule has 4 aliphatic carbocycles. The summed E-state index contributed by atoms with van der Waals surface area (Å²) in [6, 6.07) is 8.55. The first-order valence-electron chi connectivity index (χ1n) is 9.19. The zero-order chi connectivity index (χ0) is 14.7. The van der Waals surface area contributed by atoms with E-state index in [2.05, 4.69) is 29.2 Å². The SMILES string of the molecule is O=C(C1C2CC3CC(C2)CC1C3)N1CCCc2ccccc21. The molecular weight excluding hydrogens is 270 g/mol. The Hall–Kier alpha value is -1.31. The maximum Gasteiger partial charge on any atom is 0.230 e. The molecule has 6 rings (SSSR count). The Labute approximate surface area is 132 Å². The molecule has 4 saturated carbocycles. The summed E-state index contributed by atoms with van der Waals surface area (Å²) in [5, 5.41) is 0. The number of fused-ring (bicyclic) bond motifs is 1. The topological polar surface area (TPSA) is 20.3 Å². The van der Waals surface area contributed by atoms with Gasteiger partial charge in [-0.1, -0.05) is 18.2 Å². The van der Waals surface area contributed by atoms with Gasteiger partial charge < -0.3 is 4.90 Å². The van der Waals surface area contributed by atoms with E-state index < -0.39 is 0 Å². The Morgan fingerprint density at radius 1 is 0.955 bits per heavy atom. The number of para-hydroxylation sites is 1. The van der Waals surface area contributed by atoms with Crippen molar-refractivity contribution >= 4 is 11.6 Å². The van der Waals surface area contributed by atoms with Gasteiger partial charge in [-0.15, -0.1) is 0 Å². The summed E-state index contributed by atoms with van der Waals surface area (Å²) in [4.78, 5) is 15.5. The van der Waals surface area contributed by atoms with Gasteiger partial charge in [0.05, 0.1) is 0 Å². The highest BCUT2D eigenvalue weighted by molar-refractivity contribution is 5.96. The number of anilines is 1. The molecule has 5 aliphatic rings. The lowest BCUT2D eigenvalue weighted by molar-refractivity contribution is -0.135. The predicted octanol–water partition coefficient (Wildman–Crippen LogP) is 4.04. The normalized spacial score (nSPS) is 38.9. The minimum Gasteiger partial charge on any atom is -0.312 e. The van der Waals surface area contributed by atoms with Gasteiger partial charge in [-0.25, -0.2) is 0 Å². The molecule has 1 aromatic rings. The molecule has 0 spiro atoms. The number of carbonyl (C=O) groups is 1. The largest absolute Gasteiger partial charge is 0.312 e. The average molecular weight is 295 g/mol. The van der Waals surface area contributed by atoms with Crippen LogP contribution in [0.15, 0.2) is 24.3 Å². The summed E-state index contributed by atoms with van der Waals surface area (Å²) in [5.74, 6) is 4.07. The minimum absolute atomic E-state index is 0.332. The highest BCUT2D eigenvalue weighted by Gasteiger charge is 2.51. The fourth-order valence-corrected chi connectivity index (χ4v) is 6.27. The molecule has 116 valence electrons. The molecule has 1 aliphatic heterocycles. The Morgan fingerprint density at radius 2 is 1.64 bits per heavy atom. The lowest BCUT2D eigenvalue weighted by Gasteiger charge is -2.54. The number of carbonyl (C=O) groups excluding carboxylic acids is 1. The van der Waals surface area contributed by atoms with Crippen molar-refractivity contribution in [3.8, 4) is 0 Å². The van der Waals surface area contributed by atoms with Crippen molar-refractivity contribution in [2.45, 2.75) is 44.9 Å². The molecule has 0 atom stereocenters. The van der Waals surface area contributed by atoms with Crippen LogP contribution in [0, 0.1) is 29.6 Å². The smallest absolute Gasteiger partial charge is 0.230 e. The lowest BCUT2D eigenvalue weighted by atomic mass is 9.51. The maximum absolute atomic E-state index is 13.4. The van der Waals surface area contributed by atoms with Crippen LogP contribution in [0.5, 0.6) is 0 Å².